The van der Waals surface area contributed by atoms with Gasteiger partial charge in [-0.2, -0.15) is 5.26 Å². The Hall–Kier alpha value is -2.45. The quantitative estimate of drug-likeness (QED) is 0.828. The first-order valence-electron chi connectivity index (χ1n) is 6.71. The molecule has 0 radical (unpaired) electrons. The van der Waals surface area contributed by atoms with Crippen molar-refractivity contribution in [1.82, 2.24) is 9.88 Å². The van der Waals surface area contributed by atoms with Crippen molar-refractivity contribution < 1.29 is 4.39 Å². The van der Waals surface area contributed by atoms with Crippen LogP contribution in [-0.4, -0.2) is 16.4 Å². The summed E-state index contributed by atoms with van der Waals surface area (Å²) in [6.45, 7) is 1.85. The standard InChI is InChI=1S/C16H17FN4/c17-15-9-13(4-5-16(15)19)11-21(8-2-6-18)12-14-3-1-7-20-10-14/h1,3-5,7,9-10H,2,8,11-12,19H2. The number of benzene rings is 1. The van der Waals surface area contributed by atoms with Crippen LogP contribution in [0.1, 0.15) is 17.5 Å². The fourth-order valence-corrected chi connectivity index (χ4v) is 2.10. The molecule has 0 unspecified atom stereocenters. The number of pyridine rings is 1. The fraction of sp³-hybridized carbons (Fsp3) is 0.250. The molecule has 21 heavy (non-hydrogen) atoms. The van der Waals surface area contributed by atoms with E-state index in [0.717, 1.165) is 11.1 Å². The van der Waals surface area contributed by atoms with E-state index in [9.17, 15) is 4.39 Å². The van der Waals surface area contributed by atoms with Crippen molar-refractivity contribution in [2.45, 2.75) is 19.5 Å². The lowest BCUT2D eigenvalue weighted by Gasteiger charge is -2.21. The number of rotatable bonds is 6. The maximum absolute atomic E-state index is 13.5. The highest BCUT2D eigenvalue weighted by atomic mass is 19.1. The number of halogens is 1. The third-order valence-corrected chi connectivity index (χ3v) is 3.14. The van der Waals surface area contributed by atoms with Crippen molar-refractivity contribution in [2.75, 3.05) is 12.3 Å². The molecule has 0 saturated heterocycles. The molecule has 0 bridgehead atoms. The van der Waals surface area contributed by atoms with E-state index in [2.05, 4.69) is 16.0 Å². The molecule has 0 aliphatic carbocycles. The molecule has 0 aliphatic heterocycles. The highest BCUT2D eigenvalue weighted by molar-refractivity contribution is 5.41. The normalized spacial score (nSPS) is 10.5. The van der Waals surface area contributed by atoms with Crippen LogP contribution in [0.15, 0.2) is 42.7 Å². The third-order valence-electron chi connectivity index (χ3n) is 3.14. The van der Waals surface area contributed by atoms with Crippen molar-refractivity contribution in [3.05, 3.63) is 59.7 Å². The summed E-state index contributed by atoms with van der Waals surface area (Å²) in [4.78, 5) is 6.17. The van der Waals surface area contributed by atoms with Gasteiger partial charge in [-0.3, -0.25) is 9.88 Å². The van der Waals surface area contributed by atoms with E-state index in [1.54, 1.807) is 24.5 Å². The summed E-state index contributed by atoms with van der Waals surface area (Å²) in [7, 11) is 0. The molecular weight excluding hydrogens is 267 g/mol. The van der Waals surface area contributed by atoms with E-state index in [-0.39, 0.29) is 5.69 Å². The molecule has 2 aromatic rings. The molecule has 0 atom stereocenters. The maximum atomic E-state index is 13.5. The van der Waals surface area contributed by atoms with Gasteiger partial charge in [0.05, 0.1) is 11.8 Å². The molecule has 1 aromatic carbocycles. The number of anilines is 1. The minimum Gasteiger partial charge on any atom is -0.396 e. The average molecular weight is 284 g/mol. The molecule has 0 spiro atoms. The minimum atomic E-state index is -0.408. The smallest absolute Gasteiger partial charge is 0.146 e. The van der Waals surface area contributed by atoms with Gasteiger partial charge in [-0.1, -0.05) is 12.1 Å². The summed E-state index contributed by atoms with van der Waals surface area (Å²) in [5.74, 6) is -0.408. The number of nitrogens with two attached hydrogens (primary N) is 1. The number of hydrogen-bond acceptors (Lipinski definition) is 4. The largest absolute Gasteiger partial charge is 0.396 e. The zero-order valence-corrected chi connectivity index (χ0v) is 11.7. The monoisotopic (exact) mass is 284 g/mol. The van der Waals surface area contributed by atoms with Gasteiger partial charge in [0.2, 0.25) is 0 Å². The first kappa shape index (κ1) is 14.9. The van der Waals surface area contributed by atoms with E-state index in [1.807, 2.05) is 12.1 Å². The van der Waals surface area contributed by atoms with Crippen LogP contribution in [0, 0.1) is 17.1 Å². The third kappa shape index (κ3) is 4.55. The second-order valence-electron chi connectivity index (χ2n) is 4.84. The van der Waals surface area contributed by atoms with Gasteiger partial charge in [-0.25, -0.2) is 4.39 Å². The Bertz CT molecular complexity index is 622. The first-order chi connectivity index (χ1) is 10.2. The van der Waals surface area contributed by atoms with Gasteiger partial charge >= 0.3 is 0 Å². The fourth-order valence-electron chi connectivity index (χ4n) is 2.10. The van der Waals surface area contributed by atoms with Gasteiger partial charge in [-0.15, -0.1) is 0 Å². The molecule has 108 valence electrons. The Morgan fingerprint density at radius 1 is 1.24 bits per heavy atom. The van der Waals surface area contributed by atoms with Crippen molar-refractivity contribution in [3.63, 3.8) is 0 Å². The molecule has 2 rings (SSSR count). The Balaban J connectivity index is 2.08. The number of nitrogens with zero attached hydrogens (tertiary/aromatic N) is 3. The minimum absolute atomic E-state index is 0.148. The van der Waals surface area contributed by atoms with E-state index in [4.69, 9.17) is 11.0 Å². The average Bonchev–Trinajstić information content (AvgIpc) is 2.49. The Kier molecular flexibility index (Phi) is 5.24. The summed E-state index contributed by atoms with van der Waals surface area (Å²) in [5.41, 5.74) is 7.53. The number of nitriles is 1. The van der Waals surface area contributed by atoms with Crippen LogP contribution in [0.25, 0.3) is 0 Å². The molecule has 1 aromatic heterocycles. The van der Waals surface area contributed by atoms with Crippen LogP contribution in [0.3, 0.4) is 0 Å². The molecular formula is C16H17FN4. The van der Waals surface area contributed by atoms with Crippen molar-refractivity contribution >= 4 is 5.69 Å². The van der Waals surface area contributed by atoms with Gasteiger partial charge in [0, 0.05) is 38.4 Å². The van der Waals surface area contributed by atoms with Crippen LogP contribution in [0.5, 0.6) is 0 Å². The van der Waals surface area contributed by atoms with Gasteiger partial charge in [0.25, 0.3) is 0 Å². The second kappa shape index (κ2) is 7.36. The summed E-state index contributed by atoms with van der Waals surface area (Å²) in [6.07, 6.45) is 3.94. The number of nitrogen functional groups attached to an aromatic ring is 1. The van der Waals surface area contributed by atoms with Gasteiger partial charge in [-0.05, 0) is 29.3 Å². The number of hydrogen-bond donors (Lipinski definition) is 1. The van der Waals surface area contributed by atoms with E-state index in [1.165, 1.54) is 6.07 Å². The lowest BCUT2D eigenvalue weighted by Crippen LogP contribution is -2.24. The van der Waals surface area contributed by atoms with Gasteiger partial charge in [0.15, 0.2) is 0 Å². The zero-order valence-electron chi connectivity index (χ0n) is 11.7. The summed E-state index contributed by atoms with van der Waals surface area (Å²) >= 11 is 0. The van der Waals surface area contributed by atoms with Gasteiger partial charge in [0.1, 0.15) is 5.82 Å². The lowest BCUT2D eigenvalue weighted by molar-refractivity contribution is 0.262. The van der Waals surface area contributed by atoms with Crippen LogP contribution in [0.4, 0.5) is 10.1 Å². The molecule has 0 fully saturated rings. The van der Waals surface area contributed by atoms with Gasteiger partial charge < -0.3 is 5.73 Å². The molecule has 4 nitrogen and oxygen atoms in total. The Labute approximate surface area is 123 Å². The lowest BCUT2D eigenvalue weighted by atomic mass is 10.1. The summed E-state index contributed by atoms with van der Waals surface area (Å²) in [5, 5.41) is 8.76. The Morgan fingerprint density at radius 3 is 2.71 bits per heavy atom. The Morgan fingerprint density at radius 2 is 2.05 bits per heavy atom. The van der Waals surface area contributed by atoms with E-state index >= 15 is 0 Å². The van der Waals surface area contributed by atoms with Crippen LogP contribution < -0.4 is 5.73 Å². The van der Waals surface area contributed by atoms with Crippen LogP contribution in [-0.2, 0) is 13.1 Å². The highest BCUT2D eigenvalue weighted by Crippen LogP contribution is 2.15. The van der Waals surface area contributed by atoms with E-state index in [0.29, 0.717) is 26.1 Å². The van der Waals surface area contributed by atoms with Crippen molar-refractivity contribution in [1.29, 1.82) is 5.26 Å². The van der Waals surface area contributed by atoms with E-state index < -0.39 is 5.82 Å². The maximum Gasteiger partial charge on any atom is 0.146 e. The zero-order chi connectivity index (χ0) is 15.1. The molecule has 0 aliphatic rings. The molecule has 0 amide bonds. The van der Waals surface area contributed by atoms with Crippen LogP contribution in [0.2, 0.25) is 0 Å². The number of aromatic nitrogens is 1. The predicted octanol–water partition coefficient (Wildman–Crippen LogP) is 2.72. The molecule has 5 heteroatoms. The molecule has 2 N–H and O–H groups in total. The molecule has 0 saturated carbocycles. The first-order valence-corrected chi connectivity index (χ1v) is 6.71. The second-order valence-corrected chi connectivity index (χ2v) is 4.84. The SMILES string of the molecule is N#CCCN(Cc1cccnc1)Cc1ccc(N)c(F)c1. The summed E-state index contributed by atoms with van der Waals surface area (Å²) < 4.78 is 13.5. The summed E-state index contributed by atoms with van der Waals surface area (Å²) in [6, 6.07) is 10.8. The molecule has 1 heterocycles. The topological polar surface area (TPSA) is 65.9 Å². The van der Waals surface area contributed by atoms with Crippen LogP contribution >= 0.6 is 0 Å². The predicted molar refractivity (Wildman–Crippen MR) is 79.4 cm³/mol. The van der Waals surface area contributed by atoms with Crippen molar-refractivity contribution in [2.24, 2.45) is 0 Å². The van der Waals surface area contributed by atoms with Crippen molar-refractivity contribution in [3.8, 4) is 6.07 Å². The highest BCUT2D eigenvalue weighted by Gasteiger charge is 2.09.